The molecule has 106 valence electrons. The van der Waals surface area contributed by atoms with Crippen LogP contribution in [0.4, 0.5) is 0 Å². The zero-order valence-electron chi connectivity index (χ0n) is 12.6. The van der Waals surface area contributed by atoms with Crippen LogP contribution in [0.15, 0.2) is 24.3 Å². The van der Waals surface area contributed by atoms with Gasteiger partial charge in [0.1, 0.15) is 0 Å². The normalized spacial score (nSPS) is 12.5. The Bertz CT molecular complexity index is 386. The molecule has 0 aliphatic heterocycles. The molecule has 0 spiro atoms. The fourth-order valence-electron chi connectivity index (χ4n) is 1.98. The molecule has 0 saturated heterocycles. The van der Waals surface area contributed by atoms with Crippen molar-refractivity contribution in [3.05, 3.63) is 35.4 Å². The minimum atomic E-state index is -0.0840. The Morgan fingerprint density at radius 1 is 1.26 bits per heavy atom. The molecule has 1 amide bonds. The quantitative estimate of drug-likeness (QED) is 0.818. The highest BCUT2D eigenvalue weighted by atomic mass is 16.2. The van der Waals surface area contributed by atoms with Gasteiger partial charge >= 0.3 is 0 Å². The van der Waals surface area contributed by atoms with Crippen LogP contribution in [0.2, 0.25) is 0 Å². The van der Waals surface area contributed by atoms with Crippen molar-refractivity contribution in [1.29, 1.82) is 0 Å². The van der Waals surface area contributed by atoms with Crippen LogP contribution in [0, 0.1) is 6.92 Å². The van der Waals surface area contributed by atoms with E-state index < -0.39 is 0 Å². The van der Waals surface area contributed by atoms with Crippen LogP contribution in [-0.2, 0) is 11.2 Å². The topological polar surface area (TPSA) is 32.3 Å². The van der Waals surface area contributed by atoms with Crippen molar-refractivity contribution in [2.45, 2.75) is 39.7 Å². The van der Waals surface area contributed by atoms with Gasteiger partial charge in [-0.1, -0.05) is 43.7 Å². The van der Waals surface area contributed by atoms with Gasteiger partial charge in [0.15, 0.2) is 0 Å². The third-order valence-corrected chi connectivity index (χ3v) is 3.43. The molecule has 1 rings (SSSR count). The molecule has 0 aromatic heterocycles. The lowest BCUT2D eigenvalue weighted by Crippen LogP contribution is -2.46. The molecule has 1 N–H and O–H groups in total. The van der Waals surface area contributed by atoms with E-state index in [0.29, 0.717) is 0 Å². The lowest BCUT2D eigenvalue weighted by atomic mass is 10.0. The van der Waals surface area contributed by atoms with Gasteiger partial charge in [-0.3, -0.25) is 9.69 Å². The SMILES string of the molecule is CCCNC(=O)C(Cc1ccc(C)cc1)N(C)CC. The summed E-state index contributed by atoms with van der Waals surface area (Å²) in [6, 6.07) is 8.34. The molecule has 1 aromatic carbocycles. The van der Waals surface area contributed by atoms with Gasteiger partial charge in [0, 0.05) is 6.54 Å². The van der Waals surface area contributed by atoms with E-state index in [1.54, 1.807) is 0 Å². The van der Waals surface area contributed by atoms with E-state index in [4.69, 9.17) is 0 Å². The van der Waals surface area contributed by atoms with Gasteiger partial charge in [-0.25, -0.2) is 0 Å². The maximum absolute atomic E-state index is 12.2. The first-order chi connectivity index (χ1) is 9.08. The number of hydrogen-bond donors (Lipinski definition) is 1. The maximum Gasteiger partial charge on any atom is 0.237 e. The third kappa shape index (κ3) is 5.03. The average Bonchev–Trinajstić information content (AvgIpc) is 2.43. The second-order valence-corrected chi connectivity index (χ2v) is 5.07. The summed E-state index contributed by atoms with van der Waals surface area (Å²) in [7, 11) is 2.00. The maximum atomic E-state index is 12.2. The zero-order chi connectivity index (χ0) is 14.3. The summed E-state index contributed by atoms with van der Waals surface area (Å²) < 4.78 is 0. The molecule has 0 heterocycles. The van der Waals surface area contributed by atoms with Crippen molar-refractivity contribution in [2.24, 2.45) is 0 Å². The standard InChI is InChI=1S/C16H26N2O/c1-5-11-17-16(19)15(18(4)6-2)12-14-9-7-13(3)8-10-14/h7-10,15H,5-6,11-12H2,1-4H3,(H,17,19). The van der Waals surface area contributed by atoms with Gasteiger partial charge in [0.2, 0.25) is 5.91 Å². The number of benzene rings is 1. The summed E-state index contributed by atoms with van der Waals surface area (Å²) in [4.78, 5) is 14.3. The largest absolute Gasteiger partial charge is 0.355 e. The molecule has 3 nitrogen and oxygen atoms in total. The average molecular weight is 262 g/mol. The van der Waals surface area contributed by atoms with Gasteiger partial charge in [0.05, 0.1) is 6.04 Å². The third-order valence-electron chi connectivity index (χ3n) is 3.43. The van der Waals surface area contributed by atoms with Crippen molar-refractivity contribution >= 4 is 5.91 Å². The van der Waals surface area contributed by atoms with Gasteiger partial charge in [-0.15, -0.1) is 0 Å². The van der Waals surface area contributed by atoms with Crippen molar-refractivity contribution < 1.29 is 4.79 Å². The van der Waals surface area contributed by atoms with Gasteiger partial charge in [-0.05, 0) is 38.9 Å². The monoisotopic (exact) mass is 262 g/mol. The molecule has 19 heavy (non-hydrogen) atoms. The van der Waals surface area contributed by atoms with Crippen LogP contribution in [0.5, 0.6) is 0 Å². The van der Waals surface area contributed by atoms with Crippen LogP contribution in [0.3, 0.4) is 0 Å². The Morgan fingerprint density at radius 2 is 1.89 bits per heavy atom. The van der Waals surface area contributed by atoms with Crippen LogP contribution >= 0.6 is 0 Å². The summed E-state index contributed by atoms with van der Waals surface area (Å²) in [5.41, 5.74) is 2.46. The van der Waals surface area contributed by atoms with E-state index in [0.717, 1.165) is 25.9 Å². The number of aryl methyl sites for hydroxylation is 1. The summed E-state index contributed by atoms with van der Waals surface area (Å²) >= 11 is 0. The number of likely N-dealkylation sites (N-methyl/N-ethyl adjacent to an activating group) is 1. The molecule has 0 bridgehead atoms. The summed E-state index contributed by atoms with van der Waals surface area (Å²) in [5.74, 6) is 0.131. The highest BCUT2D eigenvalue weighted by molar-refractivity contribution is 5.82. The Labute approximate surface area is 117 Å². The molecule has 0 fully saturated rings. The molecule has 0 aliphatic rings. The fourth-order valence-corrected chi connectivity index (χ4v) is 1.98. The number of carbonyl (C=O) groups excluding carboxylic acids is 1. The van der Waals surface area contributed by atoms with E-state index >= 15 is 0 Å². The first kappa shape index (κ1) is 15.7. The lowest BCUT2D eigenvalue weighted by Gasteiger charge is -2.26. The first-order valence-electron chi connectivity index (χ1n) is 7.12. The number of amides is 1. The van der Waals surface area contributed by atoms with Crippen LogP contribution in [0.25, 0.3) is 0 Å². The van der Waals surface area contributed by atoms with Crippen molar-refractivity contribution in [3.8, 4) is 0 Å². The Kier molecular flexibility index (Phi) is 6.57. The number of nitrogens with one attached hydrogen (secondary N) is 1. The van der Waals surface area contributed by atoms with E-state index in [-0.39, 0.29) is 11.9 Å². The molecule has 1 aromatic rings. The smallest absolute Gasteiger partial charge is 0.237 e. The lowest BCUT2D eigenvalue weighted by molar-refractivity contribution is -0.125. The highest BCUT2D eigenvalue weighted by Gasteiger charge is 2.21. The number of carbonyl (C=O) groups is 1. The Hall–Kier alpha value is -1.35. The number of rotatable bonds is 7. The van der Waals surface area contributed by atoms with E-state index in [2.05, 4.69) is 55.3 Å². The van der Waals surface area contributed by atoms with Gasteiger partial charge in [-0.2, -0.15) is 0 Å². The molecule has 0 radical (unpaired) electrons. The van der Waals surface area contributed by atoms with E-state index in [1.165, 1.54) is 11.1 Å². The molecule has 1 unspecified atom stereocenters. The Balaban J connectivity index is 2.74. The minimum absolute atomic E-state index is 0.0840. The van der Waals surface area contributed by atoms with Gasteiger partial charge < -0.3 is 5.32 Å². The molecule has 3 heteroatoms. The molecular weight excluding hydrogens is 236 g/mol. The highest BCUT2D eigenvalue weighted by Crippen LogP contribution is 2.10. The van der Waals surface area contributed by atoms with Crippen molar-refractivity contribution in [1.82, 2.24) is 10.2 Å². The summed E-state index contributed by atoms with van der Waals surface area (Å²) in [6.07, 6.45) is 1.74. The second kappa shape index (κ2) is 7.95. The van der Waals surface area contributed by atoms with Crippen LogP contribution < -0.4 is 5.32 Å². The predicted octanol–water partition coefficient (Wildman–Crippen LogP) is 2.38. The van der Waals surface area contributed by atoms with E-state index in [1.807, 2.05) is 7.05 Å². The van der Waals surface area contributed by atoms with Crippen molar-refractivity contribution in [3.63, 3.8) is 0 Å². The molecular formula is C16H26N2O. The first-order valence-corrected chi connectivity index (χ1v) is 7.12. The van der Waals surface area contributed by atoms with Crippen LogP contribution in [-0.4, -0.2) is 37.0 Å². The Morgan fingerprint density at radius 3 is 2.42 bits per heavy atom. The minimum Gasteiger partial charge on any atom is -0.355 e. The van der Waals surface area contributed by atoms with E-state index in [9.17, 15) is 4.79 Å². The predicted molar refractivity (Wildman–Crippen MR) is 80.3 cm³/mol. The molecule has 1 atom stereocenters. The summed E-state index contributed by atoms with van der Waals surface area (Å²) in [5, 5.41) is 3.00. The number of nitrogens with zero attached hydrogens (tertiary/aromatic N) is 1. The number of hydrogen-bond acceptors (Lipinski definition) is 2. The van der Waals surface area contributed by atoms with Crippen LogP contribution in [0.1, 0.15) is 31.4 Å². The molecule has 0 aliphatic carbocycles. The second-order valence-electron chi connectivity index (χ2n) is 5.07. The fraction of sp³-hybridized carbons (Fsp3) is 0.562. The molecule has 0 saturated carbocycles. The zero-order valence-corrected chi connectivity index (χ0v) is 12.6. The van der Waals surface area contributed by atoms with Crippen molar-refractivity contribution in [2.75, 3.05) is 20.1 Å². The summed E-state index contributed by atoms with van der Waals surface area (Å²) in [6.45, 7) is 7.85. The van der Waals surface area contributed by atoms with Gasteiger partial charge in [0.25, 0.3) is 0 Å².